The fourth-order valence-electron chi connectivity index (χ4n) is 2.62. The van der Waals surface area contributed by atoms with Gasteiger partial charge in [-0.05, 0) is 18.4 Å². The molecular formula is C16H22NO6P. The van der Waals surface area contributed by atoms with Crippen LogP contribution in [0.5, 0.6) is 0 Å². The second-order valence-corrected chi connectivity index (χ2v) is 7.76. The number of Topliss-reactive ketones (excluding diaryl/α,β-unsaturated/α-hetero) is 1. The minimum absolute atomic E-state index is 0.145. The molecule has 2 rings (SSSR count). The molecule has 1 aliphatic rings. The molecule has 1 aromatic carbocycles. The van der Waals surface area contributed by atoms with Gasteiger partial charge < -0.3 is 13.8 Å². The van der Waals surface area contributed by atoms with Crippen molar-refractivity contribution in [3.63, 3.8) is 0 Å². The van der Waals surface area contributed by atoms with Crippen LogP contribution in [0.2, 0.25) is 0 Å². The van der Waals surface area contributed by atoms with Crippen molar-refractivity contribution < 1.29 is 27.9 Å². The number of likely N-dealkylation sites (tertiary alicyclic amines) is 1. The van der Waals surface area contributed by atoms with E-state index in [1.165, 1.54) is 19.1 Å². The van der Waals surface area contributed by atoms with Crippen LogP contribution in [0.4, 0.5) is 4.79 Å². The van der Waals surface area contributed by atoms with Gasteiger partial charge in [-0.3, -0.25) is 14.3 Å². The minimum Gasteiger partial charge on any atom is -0.445 e. The Kier molecular flexibility index (Phi) is 6.54. The predicted octanol–water partition coefficient (Wildman–Crippen LogP) is 2.84. The number of rotatable bonds is 7. The van der Waals surface area contributed by atoms with Crippen LogP contribution in [0, 0.1) is 0 Å². The number of hydrogen-bond acceptors (Lipinski definition) is 6. The van der Waals surface area contributed by atoms with E-state index in [9.17, 15) is 14.2 Å². The van der Waals surface area contributed by atoms with Gasteiger partial charge in [-0.15, -0.1) is 0 Å². The molecule has 1 amide bonds. The van der Waals surface area contributed by atoms with Crippen LogP contribution in [0.3, 0.4) is 0 Å². The van der Waals surface area contributed by atoms with Crippen molar-refractivity contribution >= 4 is 19.5 Å². The van der Waals surface area contributed by atoms with Crippen molar-refractivity contribution in [1.82, 2.24) is 4.90 Å². The van der Waals surface area contributed by atoms with E-state index < -0.39 is 19.7 Å². The average molecular weight is 355 g/mol. The molecule has 8 heteroatoms. The third-order valence-corrected chi connectivity index (χ3v) is 5.78. The van der Waals surface area contributed by atoms with Gasteiger partial charge in [0.05, 0.1) is 6.04 Å². The Labute approximate surface area is 141 Å². The average Bonchev–Trinajstić information content (AvgIpc) is 3.10. The number of benzene rings is 1. The monoisotopic (exact) mass is 355 g/mol. The molecule has 1 heterocycles. The number of amides is 1. The number of carbonyl (C=O) groups excluding carboxylic acids is 2. The van der Waals surface area contributed by atoms with E-state index in [1.807, 2.05) is 30.3 Å². The Morgan fingerprint density at radius 1 is 1.21 bits per heavy atom. The van der Waals surface area contributed by atoms with Gasteiger partial charge in [0.25, 0.3) is 0 Å². The SMILES string of the molecule is COP(=O)(CC(=O)[C@H]1CCCN1C(=O)OCc1ccccc1)OC. The highest BCUT2D eigenvalue weighted by atomic mass is 31.2. The highest BCUT2D eigenvalue weighted by Gasteiger charge is 2.38. The van der Waals surface area contributed by atoms with Gasteiger partial charge >= 0.3 is 13.7 Å². The second kappa shape index (κ2) is 8.42. The first-order valence-corrected chi connectivity index (χ1v) is 9.42. The summed E-state index contributed by atoms with van der Waals surface area (Å²) in [7, 11) is -0.970. The molecule has 0 spiro atoms. The first-order valence-electron chi connectivity index (χ1n) is 7.69. The van der Waals surface area contributed by atoms with Gasteiger partial charge in [0.2, 0.25) is 0 Å². The van der Waals surface area contributed by atoms with Crippen molar-refractivity contribution in [2.24, 2.45) is 0 Å². The molecule has 1 saturated heterocycles. The van der Waals surface area contributed by atoms with Crippen LogP contribution in [-0.4, -0.2) is 49.7 Å². The molecule has 1 atom stereocenters. The molecule has 1 fully saturated rings. The second-order valence-electron chi connectivity index (χ2n) is 5.49. The van der Waals surface area contributed by atoms with E-state index in [2.05, 4.69) is 0 Å². The minimum atomic E-state index is -3.44. The lowest BCUT2D eigenvalue weighted by atomic mass is 10.1. The molecular weight excluding hydrogens is 333 g/mol. The predicted molar refractivity (Wildman–Crippen MR) is 87.9 cm³/mol. The lowest BCUT2D eigenvalue weighted by Gasteiger charge is -2.24. The molecule has 0 unspecified atom stereocenters. The molecule has 0 aromatic heterocycles. The summed E-state index contributed by atoms with van der Waals surface area (Å²) < 4.78 is 27.0. The standard InChI is InChI=1S/C16H22NO6P/c1-21-24(20,22-2)12-15(18)14-9-6-10-17(14)16(19)23-11-13-7-4-3-5-8-13/h3-5,7-8,14H,6,9-12H2,1-2H3/t14-/m1/s1. The Morgan fingerprint density at radius 3 is 2.50 bits per heavy atom. The van der Waals surface area contributed by atoms with Crippen LogP contribution >= 0.6 is 7.60 Å². The summed E-state index contributed by atoms with van der Waals surface area (Å²) >= 11 is 0. The summed E-state index contributed by atoms with van der Waals surface area (Å²) in [6.07, 6.45) is 0.320. The molecule has 0 radical (unpaired) electrons. The van der Waals surface area contributed by atoms with Crippen LogP contribution in [0.25, 0.3) is 0 Å². The maximum absolute atomic E-state index is 12.4. The zero-order chi connectivity index (χ0) is 17.6. The van der Waals surface area contributed by atoms with Gasteiger partial charge in [-0.25, -0.2) is 4.79 Å². The highest BCUT2D eigenvalue weighted by molar-refractivity contribution is 7.54. The molecule has 24 heavy (non-hydrogen) atoms. The molecule has 7 nitrogen and oxygen atoms in total. The molecule has 0 bridgehead atoms. The number of ketones is 1. The summed E-state index contributed by atoms with van der Waals surface area (Å²) in [4.78, 5) is 26.0. The molecule has 132 valence electrons. The maximum atomic E-state index is 12.4. The van der Waals surface area contributed by atoms with Crippen molar-refractivity contribution in [1.29, 1.82) is 0 Å². The first kappa shape index (κ1) is 18.6. The van der Waals surface area contributed by atoms with E-state index in [4.69, 9.17) is 13.8 Å². The van der Waals surface area contributed by atoms with Gasteiger partial charge in [-0.2, -0.15) is 0 Å². The fourth-order valence-corrected chi connectivity index (χ4v) is 3.62. The molecule has 0 aliphatic carbocycles. The summed E-state index contributed by atoms with van der Waals surface area (Å²) in [5.41, 5.74) is 0.871. The van der Waals surface area contributed by atoms with E-state index in [1.54, 1.807) is 0 Å². The van der Waals surface area contributed by atoms with Crippen molar-refractivity contribution in [2.75, 3.05) is 26.9 Å². The summed E-state index contributed by atoms with van der Waals surface area (Å²) in [6.45, 7) is 0.583. The topological polar surface area (TPSA) is 82.1 Å². The quantitative estimate of drug-likeness (QED) is 0.700. The van der Waals surface area contributed by atoms with Crippen LogP contribution < -0.4 is 0 Å². The third-order valence-electron chi connectivity index (χ3n) is 3.97. The van der Waals surface area contributed by atoms with Crippen molar-refractivity contribution in [3.8, 4) is 0 Å². The van der Waals surface area contributed by atoms with E-state index in [-0.39, 0.29) is 18.6 Å². The molecule has 0 saturated carbocycles. The number of carbonyl (C=O) groups is 2. The summed E-state index contributed by atoms with van der Waals surface area (Å²) in [5, 5.41) is 0. The van der Waals surface area contributed by atoms with Crippen LogP contribution in [-0.2, 0) is 29.8 Å². The lowest BCUT2D eigenvalue weighted by Crippen LogP contribution is -2.42. The molecule has 1 aromatic rings. The third kappa shape index (κ3) is 4.66. The molecule has 0 N–H and O–H groups in total. The Bertz CT molecular complexity index is 612. The van der Waals surface area contributed by atoms with Crippen LogP contribution in [0.15, 0.2) is 30.3 Å². The maximum Gasteiger partial charge on any atom is 0.410 e. The largest absolute Gasteiger partial charge is 0.445 e. The Hall–Kier alpha value is -1.69. The molecule has 1 aliphatic heterocycles. The number of hydrogen-bond donors (Lipinski definition) is 0. The summed E-state index contributed by atoms with van der Waals surface area (Å²) in [6, 6.07) is 8.66. The zero-order valence-electron chi connectivity index (χ0n) is 13.8. The lowest BCUT2D eigenvalue weighted by molar-refractivity contribution is -0.120. The zero-order valence-corrected chi connectivity index (χ0v) is 14.7. The smallest absolute Gasteiger partial charge is 0.410 e. The van der Waals surface area contributed by atoms with Crippen molar-refractivity contribution in [3.05, 3.63) is 35.9 Å². The van der Waals surface area contributed by atoms with Gasteiger partial charge in [0.1, 0.15) is 12.8 Å². The highest BCUT2D eigenvalue weighted by Crippen LogP contribution is 2.46. The van der Waals surface area contributed by atoms with Gasteiger partial charge in [-0.1, -0.05) is 30.3 Å². The van der Waals surface area contributed by atoms with E-state index in [0.717, 1.165) is 5.56 Å². The number of ether oxygens (including phenoxy) is 1. The Morgan fingerprint density at radius 2 is 1.88 bits per heavy atom. The van der Waals surface area contributed by atoms with Gasteiger partial charge in [0.15, 0.2) is 5.78 Å². The van der Waals surface area contributed by atoms with Crippen LogP contribution in [0.1, 0.15) is 18.4 Å². The van der Waals surface area contributed by atoms with E-state index in [0.29, 0.717) is 19.4 Å². The van der Waals surface area contributed by atoms with Crippen molar-refractivity contribution in [2.45, 2.75) is 25.5 Å². The van der Waals surface area contributed by atoms with E-state index >= 15 is 0 Å². The Balaban J connectivity index is 1.95. The summed E-state index contributed by atoms with van der Waals surface area (Å²) in [5.74, 6) is -0.337. The first-order chi connectivity index (χ1) is 11.5. The van der Waals surface area contributed by atoms with Gasteiger partial charge in [0, 0.05) is 20.8 Å². The number of nitrogens with zero attached hydrogens (tertiary/aromatic N) is 1. The fraction of sp³-hybridized carbons (Fsp3) is 0.500. The normalized spacial score (nSPS) is 17.8.